The third kappa shape index (κ3) is 6.77. The SMILES string of the molecule is O=C(NCCCc1ccccc1Cl)C1=CCC2(c3ccc(CCCOc4c(F)ccc(F)c4F)cc3)CNCC1N2. The van der Waals surface area contributed by atoms with Crippen molar-refractivity contribution in [3.63, 3.8) is 0 Å². The van der Waals surface area contributed by atoms with Crippen LogP contribution in [0.5, 0.6) is 5.75 Å². The molecule has 1 saturated heterocycles. The van der Waals surface area contributed by atoms with E-state index in [1.807, 2.05) is 36.4 Å². The molecule has 3 N–H and O–H groups in total. The molecule has 2 unspecified atom stereocenters. The molecule has 3 aromatic carbocycles. The summed E-state index contributed by atoms with van der Waals surface area (Å²) >= 11 is 6.23. The minimum absolute atomic E-state index is 0.0467. The van der Waals surface area contributed by atoms with E-state index in [1.165, 1.54) is 0 Å². The van der Waals surface area contributed by atoms with Gasteiger partial charge in [-0.25, -0.2) is 8.78 Å². The first-order valence-corrected chi connectivity index (χ1v) is 14.3. The average molecular weight is 584 g/mol. The van der Waals surface area contributed by atoms with Gasteiger partial charge in [0.15, 0.2) is 17.4 Å². The Bertz CT molecular complexity index is 1420. The fourth-order valence-corrected chi connectivity index (χ4v) is 5.76. The lowest BCUT2D eigenvalue weighted by atomic mass is 9.78. The minimum atomic E-state index is -1.31. The maximum absolute atomic E-state index is 13.8. The van der Waals surface area contributed by atoms with Gasteiger partial charge in [-0.3, -0.25) is 10.1 Å². The van der Waals surface area contributed by atoms with Gasteiger partial charge in [-0.05, 0) is 67.0 Å². The van der Waals surface area contributed by atoms with Crippen LogP contribution < -0.4 is 20.7 Å². The molecule has 3 aromatic rings. The van der Waals surface area contributed by atoms with Crippen LogP contribution in [0.2, 0.25) is 5.02 Å². The summed E-state index contributed by atoms with van der Waals surface area (Å²) in [7, 11) is 0. The Balaban J connectivity index is 1.12. The highest BCUT2D eigenvalue weighted by Crippen LogP contribution is 2.34. The number of piperazine rings is 1. The van der Waals surface area contributed by atoms with E-state index in [1.54, 1.807) is 0 Å². The van der Waals surface area contributed by atoms with E-state index in [2.05, 4.69) is 34.2 Å². The summed E-state index contributed by atoms with van der Waals surface area (Å²) in [4.78, 5) is 13.0. The van der Waals surface area contributed by atoms with Crippen molar-refractivity contribution in [1.29, 1.82) is 0 Å². The fourth-order valence-electron chi connectivity index (χ4n) is 5.53. The van der Waals surface area contributed by atoms with Gasteiger partial charge in [-0.2, -0.15) is 4.39 Å². The molecule has 0 radical (unpaired) electrons. The van der Waals surface area contributed by atoms with E-state index in [-0.39, 0.29) is 24.1 Å². The van der Waals surface area contributed by atoms with Gasteiger partial charge in [-0.1, -0.05) is 60.1 Å². The van der Waals surface area contributed by atoms with Crippen molar-refractivity contribution in [2.24, 2.45) is 0 Å². The Morgan fingerprint density at radius 2 is 1.78 bits per heavy atom. The van der Waals surface area contributed by atoms with E-state index < -0.39 is 23.2 Å². The first-order chi connectivity index (χ1) is 19.9. The standard InChI is InChI=1S/C32H33ClF3N3O2/c33-25-8-2-1-6-22(25)7-3-17-38-31(40)24-15-16-32(20-37-19-28(24)39-32)23-11-9-21(10-12-23)5-4-18-41-30-27(35)14-13-26(34)29(30)36/h1-2,6,8-15,28,37,39H,3-5,7,16-20H2,(H,38,40). The predicted molar refractivity (Wildman–Crippen MR) is 154 cm³/mol. The number of hydrogen-bond donors (Lipinski definition) is 3. The Hall–Kier alpha value is -3.33. The topological polar surface area (TPSA) is 62.4 Å². The van der Waals surface area contributed by atoms with Crippen molar-refractivity contribution in [2.45, 2.75) is 43.7 Å². The number of carbonyl (C=O) groups is 1. The zero-order chi connectivity index (χ0) is 28.8. The number of amides is 1. The lowest BCUT2D eigenvalue weighted by Crippen LogP contribution is -2.65. The van der Waals surface area contributed by atoms with Crippen LogP contribution >= 0.6 is 11.6 Å². The largest absolute Gasteiger partial charge is 0.488 e. The van der Waals surface area contributed by atoms with Crippen LogP contribution in [0.15, 0.2) is 72.3 Å². The Kier molecular flexibility index (Phi) is 9.32. The van der Waals surface area contributed by atoms with Gasteiger partial charge in [-0.15, -0.1) is 0 Å². The molecule has 0 spiro atoms. The molecule has 2 bridgehead atoms. The molecule has 2 atom stereocenters. The van der Waals surface area contributed by atoms with Gasteiger partial charge in [0.05, 0.1) is 18.2 Å². The van der Waals surface area contributed by atoms with Crippen LogP contribution in [0, 0.1) is 17.5 Å². The molecule has 0 aromatic heterocycles. The molecule has 2 aliphatic rings. The average Bonchev–Trinajstić information content (AvgIpc) is 2.98. The molecule has 1 fully saturated rings. The van der Waals surface area contributed by atoms with Gasteiger partial charge in [0.1, 0.15) is 0 Å². The summed E-state index contributed by atoms with van der Waals surface area (Å²) < 4.78 is 46.0. The summed E-state index contributed by atoms with van der Waals surface area (Å²) in [6.07, 6.45) is 5.50. The second-order valence-electron chi connectivity index (χ2n) is 10.5. The van der Waals surface area contributed by atoms with Crippen molar-refractivity contribution >= 4 is 17.5 Å². The Morgan fingerprint density at radius 3 is 2.59 bits per heavy atom. The molecular weight excluding hydrogens is 551 g/mol. The number of aryl methyl sites for hydroxylation is 2. The van der Waals surface area contributed by atoms with Crippen molar-refractivity contribution in [3.8, 4) is 5.75 Å². The van der Waals surface area contributed by atoms with Gasteiger partial charge >= 0.3 is 0 Å². The van der Waals surface area contributed by atoms with Crippen LogP contribution in [-0.2, 0) is 23.2 Å². The number of rotatable bonds is 11. The summed E-state index contributed by atoms with van der Waals surface area (Å²) in [5.41, 5.74) is 3.70. The van der Waals surface area contributed by atoms with E-state index in [9.17, 15) is 18.0 Å². The molecule has 216 valence electrons. The van der Waals surface area contributed by atoms with Gasteiger partial charge < -0.3 is 15.4 Å². The molecule has 41 heavy (non-hydrogen) atoms. The fraction of sp³-hybridized carbons (Fsp3) is 0.344. The van der Waals surface area contributed by atoms with E-state index in [0.717, 1.165) is 58.8 Å². The van der Waals surface area contributed by atoms with Crippen molar-refractivity contribution in [2.75, 3.05) is 26.2 Å². The monoisotopic (exact) mass is 583 g/mol. The number of nitrogens with one attached hydrogen (secondary N) is 3. The predicted octanol–water partition coefficient (Wildman–Crippen LogP) is 5.60. The van der Waals surface area contributed by atoms with E-state index in [4.69, 9.17) is 16.3 Å². The maximum atomic E-state index is 13.8. The maximum Gasteiger partial charge on any atom is 0.248 e. The summed E-state index contributed by atoms with van der Waals surface area (Å²) in [5.74, 6) is -4.10. The molecule has 0 saturated carbocycles. The van der Waals surface area contributed by atoms with Gasteiger partial charge in [0.25, 0.3) is 0 Å². The summed E-state index contributed by atoms with van der Waals surface area (Å²) in [6, 6.07) is 17.5. The normalized spacial score (nSPS) is 19.9. The van der Waals surface area contributed by atoms with Gasteiger partial charge in [0, 0.05) is 30.2 Å². The smallest absolute Gasteiger partial charge is 0.248 e. The lowest BCUT2D eigenvalue weighted by Gasteiger charge is -2.46. The lowest BCUT2D eigenvalue weighted by molar-refractivity contribution is -0.118. The van der Waals surface area contributed by atoms with Crippen LogP contribution in [0.4, 0.5) is 13.2 Å². The molecule has 1 amide bonds. The zero-order valence-electron chi connectivity index (χ0n) is 22.6. The number of fused-ring (bicyclic) bond motifs is 2. The first-order valence-electron chi connectivity index (χ1n) is 13.9. The Labute approximate surface area is 243 Å². The summed E-state index contributed by atoms with van der Waals surface area (Å²) in [5, 5.41) is 11.0. The number of ether oxygens (including phenoxy) is 1. The van der Waals surface area contributed by atoms with Crippen LogP contribution in [0.3, 0.4) is 0 Å². The molecule has 2 heterocycles. The van der Waals surface area contributed by atoms with E-state index in [0.29, 0.717) is 32.4 Å². The minimum Gasteiger partial charge on any atom is -0.488 e. The number of carbonyl (C=O) groups excluding carboxylic acids is 1. The number of halogens is 4. The molecule has 5 rings (SSSR count). The highest BCUT2D eigenvalue weighted by atomic mass is 35.5. The van der Waals surface area contributed by atoms with Crippen molar-refractivity contribution in [1.82, 2.24) is 16.0 Å². The van der Waals surface area contributed by atoms with Crippen LogP contribution in [-0.4, -0.2) is 38.2 Å². The van der Waals surface area contributed by atoms with Crippen LogP contribution in [0.25, 0.3) is 0 Å². The highest BCUT2D eigenvalue weighted by Gasteiger charge is 2.42. The zero-order valence-corrected chi connectivity index (χ0v) is 23.4. The second-order valence-corrected chi connectivity index (χ2v) is 11.0. The van der Waals surface area contributed by atoms with Crippen LogP contribution in [0.1, 0.15) is 36.0 Å². The molecule has 2 aliphatic heterocycles. The molecule has 9 heteroatoms. The van der Waals surface area contributed by atoms with Crippen molar-refractivity contribution < 1.29 is 22.7 Å². The number of benzene rings is 3. The molecule has 5 nitrogen and oxygen atoms in total. The molecule has 0 aliphatic carbocycles. The third-order valence-corrected chi connectivity index (χ3v) is 8.13. The Morgan fingerprint density at radius 1 is 1.00 bits per heavy atom. The quantitative estimate of drug-likeness (QED) is 0.203. The van der Waals surface area contributed by atoms with E-state index >= 15 is 0 Å². The molecular formula is C32H33ClF3N3O2. The summed E-state index contributed by atoms with van der Waals surface area (Å²) in [6.45, 7) is 2.05. The van der Waals surface area contributed by atoms with Crippen molar-refractivity contribution in [3.05, 3.63) is 111 Å². The second kappa shape index (κ2) is 13.1. The van der Waals surface area contributed by atoms with Gasteiger partial charge in [0.2, 0.25) is 11.7 Å². The first kappa shape index (κ1) is 29.2. The third-order valence-electron chi connectivity index (χ3n) is 7.76. The number of hydrogen-bond acceptors (Lipinski definition) is 4. The highest BCUT2D eigenvalue weighted by molar-refractivity contribution is 6.31.